The monoisotopic (exact) mass is 373 g/mol. The summed E-state index contributed by atoms with van der Waals surface area (Å²) in [5.41, 5.74) is 0.526. The number of amides is 1. The molecular weight excluding hydrogens is 361 g/mol. The van der Waals surface area contributed by atoms with Crippen LogP contribution in [0.2, 0.25) is 0 Å². The fourth-order valence-corrected chi connectivity index (χ4v) is 2.81. The van der Waals surface area contributed by atoms with E-state index in [1.165, 1.54) is 24.3 Å². The summed E-state index contributed by atoms with van der Waals surface area (Å²) in [5.74, 6) is -0.0611. The minimum Gasteiger partial charge on any atom is -0.483 e. The molecule has 0 spiro atoms. The van der Waals surface area contributed by atoms with Crippen molar-refractivity contribution in [3.05, 3.63) is 71.0 Å². The molecule has 23 heavy (non-hydrogen) atoms. The van der Waals surface area contributed by atoms with Crippen molar-refractivity contribution in [1.29, 1.82) is 0 Å². The Morgan fingerprint density at radius 1 is 1.04 bits per heavy atom. The molecule has 1 N–H and O–H groups in total. The minimum absolute atomic E-state index is 0.131. The van der Waals surface area contributed by atoms with Crippen LogP contribution in [-0.4, -0.2) is 12.5 Å². The van der Waals surface area contributed by atoms with Gasteiger partial charge in [0, 0.05) is 5.69 Å². The summed E-state index contributed by atoms with van der Waals surface area (Å²) in [5, 5.41) is 4.75. The minimum atomic E-state index is -0.348. The number of carbonyl (C=O) groups is 1. The lowest BCUT2D eigenvalue weighted by atomic mass is 10.1. The zero-order valence-electron chi connectivity index (χ0n) is 12.1. The number of hydrogen-bond acceptors (Lipinski definition) is 2. The Labute approximate surface area is 141 Å². The van der Waals surface area contributed by atoms with E-state index < -0.39 is 0 Å². The van der Waals surface area contributed by atoms with E-state index in [1.807, 2.05) is 36.4 Å². The van der Waals surface area contributed by atoms with Gasteiger partial charge in [-0.05, 0) is 57.0 Å². The first-order chi connectivity index (χ1) is 11.1. The van der Waals surface area contributed by atoms with Crippen LogP contribution in [0.1, 0.15) is 0 Å². The van der Waals surface area contributed by atoms with Gasteiger partial charge in [0.2, 0.25) is 0 Å². The molecule has 0 heterocycles. The van der Waals surface area contributed by atoms with E-state index in [-0.39, 0.29) is 18.3 Å². The van der Waals surface area contributed by atoms with Crippen LogP contribution in [0.15, 0.2) is 65.1 Å². The van der Waals surface area contributed by atoms with E-state index in [0.29, 0.717) is 11.4 Å². The first-order valence-corrected chi connectivity index (χ1v) is 7.78. The number of carbonyl (C=O) groups excluding carboxylic acids is 1. The fourth-order valence-electron chi connectivity index (χ4n) is 2.20. The maximum absolute atomic E-state index is 12.8. The highest BCUT2D eigenvalue weighted by Gasteiger charge is 2.09. The van der Waals surface area contributed by atoms with Crippen LogP contribution >= 0.6 is 15.9 Å². The van der Waals surface area contributed by atoms with Crippen LogP contribution in [0.5, 0.6) is 5.75 Å². The molecule has 0 aliphatic carbocycles. The van der Waals surface area contributed by atoms with Gasteiger partial charge in [0.1, 0.15) is 11.6 Å². The molecule has 3 aromatic rings. The van der Waals surface area contributed by atoms with Gasteiger partial charge in [-0.1, -0.05) is 30.3 Å². The molecule has 116 valence electrons. The number of anilines is 1. The number of ether oxygens (including phenoxy) is 1. The van der Waals surface area contributed by atoms with E-state index in [4.69, 9.17) is 4.74 Å². The molecule has 0 radical (unpaired) electrons. The SMILES string of the molecule is O=C(COc1ccc2ccccc2c1Br)Nc1ccc(F)cc1. The van der Waals surface area contributed by atoms with Gasteiger partial charge in [0.15, 0.2) is 6.61 Å². The highest BCUT2D eigenvalue weighted by molar-refractivity contribution is 9.10. The van der Waals surface area contributed by atoms with Crippen molar-refractivity contribution in [2.24, 2.45) is 0 Å². The van der Waals surface area contributed by atoms with Crippen molar-refractivity contribution < 1.29 is 13.9 Å². The maximum Gasteiger partial charge on any atom is 0.262 e. The lowest BCUT2D eigenvalue weighted by Crippen LogP contribution is -2.20. The van der Waals surface area contributed by atoms with Crippen molar-refractivity contribution in [3.63, 3.8) is 0 Å². The predicted octanol–water partition coefficient (Wildman–Crippen LogP) is 4.76. The zero-order valence-corrected chi connectivity index (χ0v) is 13.6. The summed E-state index contributed by atoms with van der Waals surface area (Å²) < 4.78 is 19.2. The number of rotatable bonds is 4. The van der Waals surface area contributed by atoms with E-state index >= 15 is 0 Å². The maximum atomic E-state index is 12.8. The average Bonchev–Trinajstić information content (AvgIpc) is 2.57. The van der Waals surface area contributed by atoms with Gasteiger partial charge < -0.3 is 10.1 Å². The molecule has 3 rings (SSSR count). The van der Waals surface area contributed by atoms with Gasteiger partial charge in [-0.25, -0.2) is 4.39 Å². The first-order valence-electron chi connectivity index (χ1n) is 6.99. The molecule has 0 aliphatic heterocycles. The Morgan fingerprint density at radius 2 is 1.78 bits per heavy atom. The summed E-state index contributed by atoms with van der Waals surface area (Å²) in [6, 6.07) is 17.2. The van der Waals surface area contributed by atoms with Crippen molar-refractivity contribution >= 4 is 38.3 Å². The molecule has 0 saturated carbocycles. The molecule has 3 nitrogen and oxygen atoms in total. The van der Waals surface area contributed by atoms with E-state index in [2.05, 4.69) is 21.2 Å². The van der Waals surface area contributed by atoms with Crippen molar-refractivity contribution in [2.75, 3.05) is 11.9 Å². The smallest absolute Gasteiger partial charge is 0.262 e. The summed E-state index contributed by atoms with van der Waals surface area (Å²) in [6.45, 7) is -0.131. The topological polar surface area (TPSA) is 38.3 Å². The number of halogens is 2. The molecular formula is C18H13BrFNO2. The van der Waals surface area contributed by atoms with Crippen molar-refractivity contribution in [1.82, 2.24) is 0 Å². The molecule has 1 amide bonds. The number of benzene rings is 3. The number of fused-ring (bicyclic) bond motifs is 1. The van der Waals surface area contributed by atoms with Gasteiger partial charge >= 0.3 is 0 Å². The fraction of sp³-hybridized carbons (Fsp3) is 0.0556. The molecule has 0 atom stereocenters. The largest absolute Gasteiger partial charge is 0.483 e. The Bertz CT molecular complexity index is 849. The second kappa shape index (κ2) is 6.79. The molecule has 0 fully saturated rings. The van der Waals surface area contributed by atoms with Crippen LogP contribution in [0, 0.1) is 5.82 Å². The van der Waals surface area contributed by atoms with Gasteiger partial charge in [0.25, 0.3) is 5.91 Å². The Morgan fingerprint density at radius 3 is 2.57 bits per heavy atom. The molecule has 0 bridgehead atoms. The third-order valence-electron chi connectivity index (χ3n) is 3.31. The lowest BCUT2D eigenvalue weighted by Gasteiger charge is -2.10. The number of nitrogens with one attached hydrogen (secondary N) is 1. The van der Waals surface area contributed by atoms with Gasteiger partial charge in [-0.3, -0.25) is 4.79 Å². The highest BCUT2D eigenvalue weighted by Crippen LogP contribution is 2.32. The predicted molar refractivity (Wildman–Crippen MR) is 92.2 cm³/mol. The van der Waals surface area contributed by atoms with E-state index in [1.54, 1.807) is 0 Å². The highest BCUT2D eigenvalue weighted by atomic mass is 79.9. The van der Waals surface area contributed by atoms with Crippen LogP contribution in [-0.2, 0) is 4.79 Å². The molecule has 0 saturated heterocycles. The second-order valence-corrected chi connectivity index (χ2v) is 5.74. The average molecular weight is 374 g/mol. The van der Waals surface area contributed by atoms with Crippen molar-refractivity contribution in [2.45, 2.75) is 0 Å². The van der Waals surface area contributed by atoms with Crippen molar-refractivity contribution in [3.8, 4) is 5.75 Å². The lowest BCUT2D eigenvalue weighted by molar-refractivity contribution is -0.118. The molecule has 3 aromatic carbocycles. The van der Waals surface area contributed by atoms with Crippen LogP contribution < -0.4 is 10.1 Å². The van der Waals surface area contributed by atoms with Crippen LogP contribution in [0.4, 0.5) is 10.1 Å². The van der Waals surface area contributed by atoms with Crippen LogP contribution in [0.3, 0.4) is 0 Å². The first kappa shape index (κ1) is 15.5. The molecule has 0 aromatic heterocycles. The normalized spacial score (nSPS) is 10.5. The van der Waals surface area contributed by atoms with E-state index in [9.17, 15) is 9.18 Å². The summed E-state index contributed by atoms with van der Waals surface area (Å²) in [6.07, 6.45) is 0. The standard InChI is InChI=1S/C18H13BrFNO2/c19-18-15-4-2-1-3-12(15)5-10-16(18)23-11-17(22)21-14-8-6-13(20)7-9-14/h1-10H,11H2,(H,21,22). The second-order valence-electron chi connectivity index (χ2n) is 4.94. The third-order valence-corrected chi connectivity index (χ3v) is 4.13. The van der Waals surface area contributed by atoms with Gasteiger partial charge in [-0.15, -0.1) is 0 Å². The molecule has 0 aliphatic rings. The molecule has 5 heteroatoms. The summed E-state index contributed by atoms with van der Waals surface area (Å²) >= 11 is 3.51. The quantitative estimate of drug-likeness (QED) is 0.715. The van der Waals surface area contributed by atoms with Gasteiger partial charge in [0.05, 0.1) is 4.47 Å². The molecule has 0 unspecified atom stereocenters. The van der Waals surface area contributed by atoms with E-state index in [0.717, 1.165) is 15.2 Å². The summed E-state index contributed by atoms with van der Waals surface area (Å²) in [4.78, 5) is 11.9. The Balaban J connectivity index is 1.67. The van der Waals surface area contributed by atoms with Gasteiger partial charge in [-0.2, -0.15) is 0 Å². The number of hydrogen-bond donors (Lipinski definition) is 1. The summed E-state index contributed by atoms with van der Waals surface area (Å²) in [7, 11) is 0. The Kier molecular flexibility index (Phi) is 4.57. The zero-order chi connectivity index (χ0) is 16.2. The third kappa shape index (κ3) is 3.68. The Hall–Kier alpha value is -2.40. The van der Waals surface area contributed by atoms with Crippen LogP contribution in [0.25, 0.3) is 10.8 Å².